The van der Waals surface area contributed by atoms with Crippen LogP contribution in [0.1, 0.15) is 10.5 Å². The zero-order valence-electron chi connectivity index (χ0n) is 10.2. The second-order valence-electron chi connectivity index (χ2n) is 3.60. The third-order valence-corrected chi connectivity index (χ3v) is 1.94. The van der Waals surface area contributed by atoms with Crippen LogP contribution in [0.3, 0.4) is 0 Å². The van der Waals surface area contributed by atoms with E-state index in [0.29, 0.717) is 12.4 Å². The van der Waals surface area contributed by atoms with Gasteiger partial charge in [-0.2, -0.15) is 0 Å². The summed E-state index contributed by atoms with van der Waals surface area (Å²) in [6.07, 6.45) is -0.824. The lowest BCUT2D eigenvalue weighted by Crippen LogP contribution is -2.23. The van der Waals surface area contributed by atoms with Gasteiger partial charge in [0.2, 0.25) is 0 Å². The fourth-order valence-electron chi connectivity index (χ4n) is 1.10. The van der Waals surface area contributed by atoms with Crippen LogP contribution in [0.25, 0.3) is 0 Å². The maximum absolute atomic E-state index is 11.5. The van der Waals surface area contributed by atoms with E-state index in [9.17, 15) is 9.59 Å². The molecule has 0 saturated heterocycles. The van der Waals surface area contributed by atoms with Crippen LogP contribution in [0, 0.1) is 0 Å². The van der Waals surface area contributed by atoms with Gasteiger partial charge in [0.15, 0.2) is 5.69 Å². The molecule has 0 aliphatic carbocycles. The number of primary amides is 1. The van der Waals surface area contributed by atoms with Crippen molar-refractivity contribution in [2.75, 3.05) is 32.6 Å². The molecule has 0 unspecified atom stereocenters. The highest BCUT2D eigenvalue weighted by Crippen LogP contribution is 2.03. The maximum Gasteiger partial charge on any atom is 0.404 e. The molecule has 0 aliphatic rings. The van der Waals surface area contributed by atoms with Crippen molar-refractivity contribution in [1.82, 2.24) is 15.1 Å². The van der Waals surface area contributed by atoms with Crippen molar-refractivity contribution in [2.45, 2.75) is 0 Å². The molecule has 0 aromatic carbocycles. The van der Waals surface area contributed by atoms with Gasteiger partial charge in [-0.05, 0) is 12.1 Å². The van der Waals surface area contributed by atoms with E-state index in [0.717, 1.165) is 0 Å². The van der Waals surface area contributed by atoms with Gasteiger partial charge in [-0.3, -0.25) is 4.79 Å². The smallest absolute Gasteiger partial charge is 0.404 e. The van der Waals surface area contributed by atoms with E-state index in [1.54, 1.807) is 26.2 Å². The molecule has 1 aromatic rings. The number of hydrogen-bond donors (Lipinski definition) is 2. The minimum Gasteiger partial charge on any atom is -0.448 e. The predicted octanol–water partition coefficient (Wildman–Crippen LogP) is -0.314. The van der Waals surface area contributed by atoms with Crippen LogP contribution in [0.15, 0.2) is 12.1 Å². The summed E-state index contributed by atoms with van der Waals surface area (Å²) in [5, 5.41) is 10.5. The average Bonchev–Trinajstić information content (AvgIpc) is 2.34. The number of anilines is 1. The lowest BCUT2D eigenvalue weighted by atomic mass is 10.3. The molecule has 0 bridgehead atoms. The monoisotopic (exact) mass is 253 g/mol. The Balaban J connectivity index is 2.45. The Hall–Kier alpha value is -2.38. The van der Waals surface area contributed by atoms with Crippen molar-refractivity contribution < 1.29 is 14.3 Å². The summed E-state index contributed by atoms with van der Waals surface area (Å²) in [5.74, 6) is 0.268. The summed E-state index contributed by atoms with van der Waals surface area (Å²) in [5.41, 5.74) is 5.06. The van der Waals surface area contributed by atoms with Crippen molar-refractivity contribution in [3.8, 4) is 0 Å². The van der Waals surface area contributed by atoms with E-state index >= 15 is 0 Å². The first kappa shape index (κ1) is 13.7. The van der Waals surface area contributed by atoms with Crippen LogP contribution < -0.4 is 11.1 Å². The summed E-state index contributed by atoms with van der Waals surface area (Å²) in [6.45, 7) is 0.494. The highest BCUT2D eigenvalue weighted by molar-refractivity contribution is 5.91. The molecule has 0 atom stereocenters. The van der Waals surface area contributed by atoms with Crippen molar-refractivity contribution >= 4 is 17.8 Å². The van der Waals surface area contributed by atoms with E-state index in [-0.39, 0.29) is 18.2 Å². The second-order valence-corrected chi connectivity index (χ2v) is 3.60. The minimum absolute atomic E-state index is 0.134. The summed E-state index contributed by atoms with van der Waals surface area (Å²) >= 11 is 0. The van der Waals surface area contributed by atoms with Crippen molar-refractivity contribution in [3.05, 3.63) is 17.8 Å². The molecule has 18 heavy (non-hydrogen) atoms. The Bertz CT molecular complexity index is 418. The van der Waals surface area contributed by atoms with Crippen LogP contribution in [-0.2, 0) is 4.74 Å². The molecular weight excluding hydrogens is 238 g/mol. The largest absolute Gasteiger partial charge is 0.448 e. The van der Waals surface area contributed by atoms with Crippen LogP contribution in [0.2, 0.25) is 0 Å². The molecule has 0 aliphatic heterocycles. The van der Waals surface area contributed by atoms with Gasteiger partial charge in [0.25, 0.3) is 5.91 Å². The van der Waals surface area contributed by atoms with E-state index in [1.807, 2.05) is 0 Å². The maximum atomic E-state index is 11.5. The molecule has 1 rings (SSSR count). The predicted molar refractivity (Wildman–Crippen MR) is 64.1 cm³/mol. The van der Waals surface area contributed by atoms with Crippen molar-refractivity contribution in [3.63, 3.8) is 0 Å². The molecule has 8 heteroatoms. The standard InChI is InChI=1S/C10H15N5O3/c1-15(2)9(16)7-3-4-8(14-13-7)12-5-6-18-10(11)17/h3-4H,5-6H2,1-2H3,(H2,11,17)(H,12,14). The molecule has 1 heterocycles. The van der Waals surface area contributed by atoms with Gasteiger partial charge >= 0.3 is 6.09 Å². The number of carbonyl (C=O) groups excluding carboxylic acids is 2. The van der Waals surface area contributed by atoms with Gasteiger partial charge in [0.1, 0.15) is 12.4 Å². The first-order valence-corrected chi connectivity index (χ1v) is 5.22. The molecular formula is C10H15N5O3. The summed E-state index contributed by atoms with van der Waals surface area (Å²) < 4.78 is 4.52. The highest BCUT2D eigenvalue weighted by Gasteiger charge is 2.09. The third-order valence-electron chi connectivity index (χ3n) is 1.94. The van der Waals surface area contributed by atoms with Crippen molar-refractivity contribution in [2.24, 2.45) is 5.73 Å². The van der Waals surface area contributed by atoms with E-state index in [2.05, 4.69) is 20.3 Å². The van der Waals surface area contributed by atoms with Crippen LogP contribution >= 0.6 is 0 Å². The molecule has 1 aromatic heterocycles. The van der Waals surface area contributed by atoms with E-state index in [1.165, 1.54) is 4.90 Å². The fourth-order valence-corrected chi connectivity index (χ4v) is 1.10. The SMILES string of the molecule is CN(C)C(=O)c1ccc(NCCOC(N)=O)nn1. The second kappa shape index (κ2) is 6.38. The average molecular weight is 253 g/mol. The van der Waals surface area contributed by atoms with Gasteiger partial charge in [0, 0.05) is 14.1 Å². The van der Waals surface area contributed by atoms with Crippen LogP contribution in [0.4, 0.5) is 10.6 Å². The Kier molecular flexibility index (Phi) is 4.85. The van der Waals surface area contributed by atoms with Crippen molar-refractivity contribution in [1.29, 1.82) is 0 Å². The lowest BCUT2D eigenvalue weighted by Gasteiger charge is -2.09. The number of amides is 2. The molecule has 8 nitrogen and oxygen atoms in total. The number of nitrogens with one attached hydrogen (secondary N) is 1. The fraction of sp³-hybridized carbons (Fsp3) is 0.400. The quantitative estimate of drug-likeness (QED) is 0.696. The molecule has 2 amide bonds. The number of nitrogens with two attached hydrogens (primary N) is 1. The van der Waals surface area contributed by atoms with Crippen LogP contribution in [0.5, 0.6) is 0 Å². The molecule has 0 fully saturated rings. The zero-order valence-corrected chi connectivity index (χ0v) is 10.2. The number of rotatable bonds is 5. The molecule has 0 radical (unpaired) electrons. The zero-order chi connectivity index (χ0) is 13.5. The van der Waals surface area contributed by atoms with Gasteiger partial charge < -0.3 is 20.7 Å². The van der Waals surface area contributed by atoms with Gasteiger partial charge in [0.05, 0.1) is 6.54 Å². The van der Waals surface area contributed by atoms with Gasteiger partial charge in [-0.25, -0.2) is 4.79 Å². The summed E-state index contributed by atoms with van der Waals surface area (Å²) in [4.78, 5) is 23.2. The van der Waals surface area contributed by atoms with E-state index < -0.39 is 6.09 Å². The minimum atomic E-state index is -0.824. The Morgan fingerprint density at radius 2 is 2.11 bits per heavy atom. The third kappa shape index (κ3) is 4.24. The van der Waals surface area contributed by atoms with Gasteiger partial charge in [-0.1, -0.05) is 0 Å². The highest BCUT2D eigenvalue weighted by atomic mass is 16.5. The number of hydrogen-bond acceptors (Lipinski definition) is 6. The number of ether oxygens (including phenoxy) is 1. The van der Waals surface area contributed by atoms with Gasteiger partial charge in [-0.15, -0.1) is 10.2 Å². The normalized spacial score (nSPS) is 9.67. The van der Waals surface area contributed by atoms with E-state index in [4.69, 9.17) is 5.73 Å². The Morgan fingerprint density at radius 1 is 1.39 bits per heavy atom. The first-order valence-electron chi connectivity index (χ1n) is 5.22. The number of aromatic nitrogens is 2. The molecule has 0 saturated carbocycles. The Morgan fingerprint density at radius 3 is 2.61 bits per heavy atom. The molecule has 0 spiro atoms. The van der Waals surface area contributed by atoms with Crippen LogP contribution in [-0.4, -0.2) is 54.3 Å². The number of carbonyl (C=O) groups is 2. The number of nitrogens with zero attached hydrogens (tertiary/aromatic N) is 3. The first-order chi connectivity index (χ1) is 8.50. The summed E-state index contributed by atoms with van der Waals surface area (Å²) in [6, 6.07) is 3.18. The Labute approximate surface area is 104 Å². The lowest BCUT2D eigenvalue weighted by molar-refractivity contribution is 0.0821. The molecule has 3 N–H and O–H groups in total. The summed E-state index contributed by atoms with van der Waals surface area (Å²) in [7, 11) is 3.27. The molecule has 98 valence electrons. The topological polar surface area (TPSA) is 110 Å².